The number of carbonyl (C=O) groups excluding carboxylic acids is 1. The molecule has 0 aromatic heterocycles. The van der Waals surface area contributed by atoms with Gasteiger partial charge in [-0.2, -0.15) is 8.42 Å². The topological polar surface area (TPSA) is 178 Å². The lowest BCUT2D eigenvalue weighted by molar-refractivity contribution is -0.301. The standard InChI is InChI=1S/C56H106O12S/c1-3-5-7-9-11-13-15-17-19-21-22-23-24-25-26-27-28-29-30-32-34-36-38-40-42-44-46-64-48-50(49-65-56-54(60)55(68-69(61,62)63)53(59)51(47-57)67-56)66-52(58)45-43-41-39-37-35-33-31-20-18-16-14-12-10-8-6-4-2/h20-22,31,50-51,53-57,59-60H,3-19,23-30,32-49H2,1-2H3,(H,61,62,63)/b22-21-,31-20-. The first-order valence-corrected chi connectivity index (χ1v) is 30.0. The van der Waals surface area contributed by atoms with Gasteiger partial charge in [0.05, 0.1) is 19.8 Å². The highest BCUT2D eigenvalue weighted by molar-refractivity contribution is 7.80. The number of hydrogen-bond acceptors (Lipinski definition) is 11. The molecule has 1 fully saturated rings. The van der Waals surface area contributed by atoms with Crippen LogP contribution in [0.25, 0.3) is 0 Å². The lowest BCUT2D eigenvalue weighted by Gasteiger charge is -2.41. The van der Waals surface area contributed by atoms with Crippen molar-refractivity contribution in [2.24, 2.45) is 0 Å². The lowest BCUT2D eigenvalue weighted by atomic mass is 9.99. The van der Waals surface area contributed by atoms with Gasteiger partial charge >= 0.3 is 16.4 Å². The number of rotatable bonds is 51. The van der Waals surface area contributed by atoms with E-state index in [1.165, 1.54) is 180 Å². The van der Waals surface area contributed by atoms with Crippen molar-refractivity contribution < 1.29 is 56.2 Å². The Kier molecular flexibility index (Phi) is 45.2. The Morgan fingerprint density at radius 1 is 0.536 bits per heavy atom. The normalized spacial score (nSPS) is 19.3. The summed E-state index contributed by atoms with van der Waals surface area (Å²) in [7, 11) is -5.07. The minimum absolute atomic E-state index is 0.0365. The Balaban J connectivity index is 2.27. The molecule has 1 heterocycles. The van der Waals surface area contributed by atoms with Gasteiger partial charge in [0.1, 0.15) is 30.5 Å². The maximum atomic E-state index is 12.9. The van der Waals surface area contributed by atoms with E-state index in [-0.39, 0.29) is 19.6 Å². The smallest absolute Gasteiger partial charge is 0.397 e. The molecule has 408 valence electrons. The summed E-state index contributed by atoms with van der Waals surface area (Å²) in [6.45, 7) is 4.03. The average molecular weight is 1000 g/mol. The average Bonchev–Trinajstić information content (AvgIpc) is 3.32. The second kappa shape index (κ2) is 47.6. The summed E-state index contributed by atoms with van der Waals surface area (Å²) in [6, 6.07) is 0. The Morgan fingerprint density at radius 2 is 0.913 bits per heavy atom. The quantitative estimate of drug-likeness (QED) is 0.0196. The fourth-order valence-corrected chi connectivity index (χ4v) is 9.47. The molecule has 1 aliphatic rings. The molecule has 0 aromatic carbocycles. The van der Waals surface area contributed by atoms with Gasteiger partial charge in [0.25, 0.3) is 0 Å². The van der Waals surface area contributed by atoms with Gasteiger partial charge in [0.2, 0.25) is 0 Å². The first-order chi connectivity index (χ1) is 33.6. The molecule has 0 saturated carbocycles. The predicted molar refractivity (Wildman–Crippen MR) is 281 cm³/mol. The molecule has 1 aliphatic heterocycles. The van der Waals surface area contributed by atoms with Gasteiger partial charge in [0, 0.05) is 13.0 Å². The number of hydrogen-bond donors (Lipinski definition) is 4. The molecule has 0 amide bonds. The Hall–Kier alpha value is -1.42. The van der Waals surface area contributed by atoms with Crippen molar-refractivity contribution in [1.82, 2.24) is 0 Å². The van der Waals surface area contributed by atoms with Gasteiger partial charge in [-0.05, 0) is 64.2 Å². The van der Waals surface area contributed by atoms with Crippen LogP contribution in [0, 0.1) is 0 Å². The van der Waals surface area contributed by atoms with E-state index in [2.05, 4.69) is 42.3 Å². The molecule has 0 spiro atoms. The van der Waals surface area contributed by atoms with E-state index in [4.69, 9.17) is 18.9 Å². The number of esters is 1. The zero-order valence-electron chi connectivity index (χ0n) is 44.1. The van der Waals surface area contributed by atoms with Crippen LogP contribution in [0.1, 0.15) is 264 Å². The van der Waals surface area contributed by atoms with Gasteiger partial charge in [-0.1, -0.05) is 218 Å². The second-order valence-electron chi connectivity index (χ2n) is 19.9. The van der Waals surface area contributed by atoms with Crippen molar-refractivity contribution in [3.05, 3.63) is 24.3 Å². The van der Waals surface area contributed by atoms with Crippen LogP contribution in [0.15, 0.2) is 24.3 Å². The van der Waals surface area contributed by atoms with Gasteiger partial charge in [-0.25, -0.2) is 4.18 Å². The number of ether oxygens (including phenoxy) is 4. The van der Waals surface area contributed by atoms with E-state index in [9.17, 15) is 33.1 Å². The second-order valence-corrected chi connectivity index (χ2v) is 20.9. The summed E-state index contributed by atoms with van der Waals surface area (Å²) in [5, 5.41) is 30.8. The first kappa shape index (κ1) is 65.6. The molecule has 12 nitrogen and oxygen atoms in total. The van der Waals surface area contributed by atoms with Crippen molar-refractivity contribution in [3.63, 3.8) is 0 Å². The van der Waals surface area contributed by atoms with Crippen LogP contribution in [-0.4, -0.2) is 97.5 Å². The van der Waals surface area contributed by atoms with Crippen LogP contribution in [0.2, 0.25) is 0 Å². The van der Waals surface area contributed by atoms with Gasteiger partial charge in [0.15, 0.2) is 6.29 Å². The number of allylic oxidation sites excluding steroid dienone is 4. The third kappa shape index (κ3) is 40.7. The fraction of sp³-hybridized carbons (Fsp3) is 0.911. The van der Waals surface area contributed by atoms with Crippen molar-refractivity contribution in [2.75, 3.05) is 26.4 Å². The SMILES string of the molecule is CCCCCCCCC/C=C\CCCCCCCC(=O)OC(COCCCCCCCCCCCCCCCC/C=C\CCCCCCCCCC)COC1OC(CO)C(O)C(OS(=O)(=O)O)C1O. The third-order valence-corrected chi connectivity index (χ3v) is 13.8. The summed E-state index contributed by atoms with van der Waals surface area (Å²) < 4.78 is 59.4. The third-order valence-electron chi connectivity index (χ3n) is 13.3. The van der Waals surface area contributed by atoms with Crippen LogP contribution in [0.4, 0.5) is 0 Å². The van der Waals surface area contributed by atoms with E-state index in [0.29, 0.717) is 13.0 Å². The Bertz CT molecular complexity index is 1300. The minimum atomic E-state index is -5.07. The highest BCUT2D eigenvalue weighted by Crippen LogP contribution is 2.26. The molecule has 0 aliphatic carbocycles. The van der Waals surface area contributed by atoms with Crippen molar-refractivity contribution >= 4 is 16.4 Å². The largest absolute Gasteiger partial charge is 0.457 e. The van der Waals surface area contributed by atoms with E-state index in [0.717, 1.165) is 57.8 Å². The van der Waals surface area contributed by atoms with Crippen LogP contribution < -0.4 is 0 Å². The van der Waals surface area contributed by atoms with E-state index < -0.39 is 59.8 Å². The van der Waals surface area contributed by atoms with Crippen LogP contribution in [-0.2, 0) is 38.3 Å². The zero-order valence-corrected chi connectivity index (χ0v) is 45.0. The minimum Gasteiger partial charge on any atom is -0.457 e. The van der Waals surface area contributed by atoms with Gasteiger partial charge in [-0.3, -0.25) is 9.35 Å². The van der Waals surface area contributed by atoms with Crippen molar-refractivity contribution in [3.8, 4) is 0 Å². The molecule has 69 heavy (non-hydrogen) atoms. The number of unbranched alkanes of at least 4 members (excludes halogenated alkanes) is 34. The highest BCUT2D eigenvalue weighted by atomic mass is 32.3. The van der Waals surface area contributed by atoms with E-state index in [1.54, 1.807) is 0 Å². The van der Waals surface area contributed by atoms with Crippen LogP contribution >= 0.6 is 0 Å². The molecule has 1 rings (SSSR count). The van der Waals surface area contributed by atoms with Crippen LogP contribution in [0.5, 0.6) is 0 Å². The van der Waals surface area contributed by atoms with Gasteiger partial charge in [-0.15, -0.1) is 0 Å². The molecule has 4 N–H and O–H groups in total. The maximum absolute atomic E-state index is 12.9. The zero-order chi connectivity index (χ0) is 50.3. The molecule has 0 radical (unpaired) electrons. The first-order valence-electron chi connectivity index (χ1n) is 28.6. The number of aliphatic hydroxyl groups excluding tert-OH is 3. The number of carbonyl (C=O) groups is 1. The molecule has 0 aromatic rings. The summed E-state index contributed by atoms with van der Waals surface area (Å²) >= 11 is 0. The van der Waals surface area contributed by atoms with Gasteiger partial charge < -0.3 is 34.3 Å². The molecule has 6 atom stereocenters. The Labute approximate surface area is 422 Å². The molecule has 0 bridgehead atoms. The summed E-state index contributed by atoms with van der Waals surface area (Å²) in [5.41, 5.74) is 0. The van der Waals surface area contributed by atoms with Crippen LogP contribution in [0.3, 0.4) is 0 Å². The summed E-state index contributed by atoms with van der Waals surface area (Å²) in [5.74, 6) is -0.403. The molecule has 6 unspecified atom stereocenters. The van der Waals surface area contributed by atoms with E-state index in [1.807, 2.05) is 0 Å². The monoisotopic (exact) mass is 1000 g/mol. The summed E-state index contributed by atoms with van der Waals surface area (Å²) in [4.78, 5) is 12.9. The molecular formula is C56H106O12S. The lowest BCUT2D eigenvalue weighted by Crippen LogP contribution is -2.60. The van der Waals surface area contributed by atoms with Crippen molar-refractivity contribution in [2.45, 2.75) is 301 Å². The fourth-order valence-electron chi connectivity index (χ4n) is 8.96. The maximum Gasteiger partial charge on any atom is 0.397 e. The molecular weight excluding hydrogens is 897 g/mol. The predicted octanol–water partition coefficient (Wildman–Crippen LogP) is 13.9. The molecule has 13 heteroatoms. The van der Waals surface area contributed by atoms with Crippen molar-refractivity contribution in [1.29, 1.82) is 0 Å². The highest BCUT2D eigenvalue weighted by Gasteiger charge is 2.48. The Morgan fingerprint density at radius 3 is 1.30 bits per heavy atom. The number of aliphatic hydroxyl groups is 3. The van der Waals surface area contributed by atoms with E-state index >= 15 is 0 Å². The summed E-state index contributed by atoms with van der Waals surface area (Å²) in [6.07, 6.45) is 47.9. The molecule has 1 saturated heterocycles.